The zero-order valence-electron chi connectivity index (χ0n) is 8.57. The lowest BCUT2D eigenvalue weighted by Gasteiger charge is -2.26. The van der Waals surface area contributed by atoms with Crippen LogP contribution in [0.25, 0.3) is 0 Å². The van der Waals surface area contributed by atoms with Crippen LogP contribution in [0.15, 0.2) is 12.1 Å². The summed E-state index contributed by atoms with van der Waals surface area (Å²) in [5.74, 6) is 1.42. The summed E-state index contributed by atoms with van der Waals surface area (Å²) in [4.78, 5) is 12.6. The van der Waals surface area contributed by atoms with Gasteiger partial charge in [0.25, 0.3) is 0 Å². The van der Waals surface area contributed by atoms with Crippen LogP contribution in [0.1, 0.15) is 4.88 Å². The second-order valence-corrected chi connectivity index (χ2v) is 6.29. The van der Waals surface area contributed by atoms with E-state index in [1.54, 1.807) is 23.1 Å². The zero-order valence-corrected chi connectivity index (χ0v) is 11.0. The number of hydrogen-bond acceptors (Lipinski definition) is 4. The van der Waals surface area contributed by atoms with Gasteiger partial charge in [0.15, 0.2) is 0 Å². The van der Waals surface area contributed by atoms with Crippen molar-refractivity contribution >= 4 is 40.6 Å². The van der Waals surface area contributed by atoms with Crippen LogP contribution in [0.5, 0.6) is 0 Å². The Hall–Kier alpha value is -0.230. The summed E-state index contributed by atoms with van der Waals surface area (Å²) in [6.45, 7) is 1.30. The zero-order chi connectivity index (χ0) is 11.4. The predicted octanol–water partition coefficient (Wildman–Crippen LogP) is 2.15. The molecule has 1 amide bonds. The molecule has 1 fully saturated rings. The van der Waals surface area contributed by atoms with Gasteiger partial charge in [-0.2, -0.15) is 0 Å². The van der Waals surface area contributed by atoms with E-state index in [4.69, 9.17) is 16.3 Å². The van der Waals surface area contributed by atoms with Crippen LogP contribution in [-0.4, -0.2) is 30.9 Å². The molecule has 0 saturated carbocycles. The molecule has 1 aromatic heterocycles. The van der Waals surface area contributed by atoms with Crippen molar-refractivity contribution in [3.63, 3.8) is 0 Å². The quantitative estimate of drug-likeness (QED) is 0.896. The minimum absolute atomic E-state index is 0.0842. The molecule has 0 atom stereocenters. The lowest BCUT2D eigenvalue weighted by atomic mass is 10.2. The van der Waals surface area contributed by atoms with Gasteiger partial charge in [-0.25, -0.2) is 0 Å². The first-order valence-electron chi connectivity index (χ1n) is 4.93. The van der Waals surface area contributed by atoms with E-state index < -0.39 is 0 Å². The summed E-state index contributed by atoms with van der Waals surface area (Å²) >= 11 is 8.98. The molecule has 2 rings (SSSR count). The van der Waals surface area contributed by atoms with Crippen LogP contribution in [0.3, 0.4) is 0 Å². The lowest BCUT2D eigenvalue weighted by molar-refractivity contribution is -0.122. The molecule has 0 bridgehead atoms. The first kappa shape index (κ1) is 12.2. The smallest absolute Gasteiger partial charge is 0.230 e. The average molecular weight is 278 g/mol. The molecular formula is C10H12ClNO2S2. The van der Waals surface area contributed by atoms with Crippen molar-refractivity contribution < 1.29 is 9.53 Å². The Labute approximate surface area is 108 Å². The van der Waals surface area contributed by atoms with Gasteiger partial charge < -0.3 is 10.1 Å². The summed E-state index contributed by atoms with van der Waals surface area (Å²) < 4.78 is 5.78. The molecule has 1 saturated heterocycles. The van der Waals surface area contributed by atoms with Crippen molar-refractivity contribution in [1.82, 2.24) is 5.32 Å². The number of thiophene rings is 1. The molecule has 0 radical (unpaired) electrons. The third-order valence-electron chi connectivity index (χ3n) is 2.11. The largest absolute Gasteiger partial charge is 0.377 e. The highest BCUT2D eigenvalue weighted by Gasteiger charge is 2.19. The Bertz CT molecular complexity index is 365. The third kappa shape index (κ3) is 3.66. The van der Waals surface area contributed by atoms with Gasteiger partial charge in [-0.3, -0.25) is 4.79 Å². The maximum atomic E-state index is 11.4. The van der Waals surface area contributed by atoms with E-state index in [2.05, 4.69) is 5.32 Å². The first-order valence-corrected chi connectivity index (χ1v) is 7.28. The fraction of sp³-hybridized carbons (Fsp3) is 0.500. The molecule has 16 heavy (non-hydrogen) atoms. The van der Waals surface area contributed by atoms with Gasteiger partial charge >= 0.3 is 0 Å². The summed E-state index contributed by atoms with van der Waals surface area (Å²) in [5, 5.41) is 2.90. The second-order valence-electron chi connectivity index (χ2n) is 3.50. The topological polar surface area (TPSA) is 38.3 Å². The monoisotopic (exact) mass is 277 g/mol. The van der Waals surface area contributed by atoms with E-state index in [1.807, 2.05) is 12.1 Å². The Morgan fingerprint density at radius 1 is 1.62 bits per heavy atom. The van der Waals surface area contributed by atoms with Crippen LogP contribution < -0.4 is 5.32 Å². The number of nitrogens with one attached hydrogen (secondary N) is 1. The van der Waals surface area contributed by atoms with Crippen molar-refractivity contribution in [3.05, 3.63) is 21.3 Å². The average Bonchev–Trinajstić information content (AvgIpc) is 2.58. The summed E-state index contributed by atoms with van der Waals surface area (Å²) in [7, 11) is 0. The van der Waals surface area contributed by atoms with Gasteiger partial charge in [-0.15, -0.1) is 23.1 Å². The van der Waals surface area contributed by atoms with Gasteiger partial charge in [0.2, 0.25) is 5.91 Å². The van der Waals surface area contributed by atoms with E-state index in [0.29, 0.717) is 19.0 Å². The molecule has 0 aromatic carbocycles. The summed E-state index contributed by atoms with van der Waals surface area (Å²) in [6.07, 6.45) is 0. The molecule has 2 heterocycles. The molecule has 1 N–H and O–H groups in total. The minimum Gasteiger partial charge on any atom is -0.377 e. The number of carbonyl (C=O) groups excluding carboxylic acids is 1. The highest BCUT2D eigenvalue weighted by Crippen LogP contribution is 2.24. The maximum absolute atomic E-state index is 11.4. The fourth-order valence-electron chi connectivity index (χ4n) is 1.26. The number of carbonyl (C=O) groups is 1. The minimum atomic E-state index is 0.0842. The SMILES string of the molecule is O=C(CSCc1ccc(Cl)s1)NC1COC1. The molecular weight excluding hydrogens is 266 g/mol. The Balaban J connectivity index is 1.61. The summed E-state index contributed by atoms with van der Waals surface area (Å²) in [5.41, 5.74) is 0. The number of ether oxygens (including phenoxy) is 1. The van der Waals surface area contributed by atoms with Crippen LogP contribution in [0.2, 0.25) is 4.34 Å². The molecule has 0 aliphatic carbocycles. The molecule has 6 heteroatoms. The standard InChI is InChI=1S/C10H12ClNO2S2/c11-9-2-1-8(16-9)5-15-6-10(13)12-7-3-14-4-7/h1-2,7H,3-6H2,(H,12,13). The number of halogens is 1. The number of amides is 1. The van der Waals surface area contributed by atoms with Crippen LogP contribution in [0.4, 0.5) is 0 Å². The van der Waals surface area contributed by atoms with Crippen molar-refractivity contribution in [1.29, 1.82) is 0 Å². The maximum Gasteiger partial charge on any atom is 0.230 e. The molecule has 3 nitrogen and oxygen atoms in total. The third-order valence-corrected chi connectivity index (χ3v) is 4.50. The summed E-state index contributed by atoms with van der Waals surface area (Å²) in [6, 6.07) is 4.11. The van der Waals surface area contributed by atoms with Gasteiger partial charge in [-0.1, -0.05) is 11.6 Å². The van der Waals surface area contributed by atoms with Crippen molar-refractivity contribution in [2.75, 3.05) is 19.0 Å². The highest BCUT2D eigenvalue weighted by molar-refractivity contribution is 7.99. The molecule has 0 unspecified atom stereocenters. The van der Waals surface area contributed by atoms with Crippen molar-refractivity contribution in [2.24, 2.45) is 0 Å². The predicted molar refractivity (Wildman–Crippen MR) is 68.2 cm³/mol. The van der Waals surface area contributed by atoms with Gasteiger partial charge in [-0.05, 0) is 12.1 Å². The van der Waals surface area contributed by atoms with E-state index in [0.717, 1.165) is 10.1 Å². The Kier molecular flexibility index (Phi) is 4.52. The Morgan fingerprint density at radius 3 is 3.00 bits per heavy atom. The van der Waals surface area contributed by atoms with Crippen LogP contribution in [-0.2, 0) is 15.3 Å². The van der Waals surface area contributed by atoms with Gasteiger partial charge in [0.1, 0.15) is 0 Å². The van der Waals surface area contributed by atoms with Crippen LogP contribution in [0, 0.1) is 0 Å². The molecule has 88 valence electrons. The van der Waals surface area contributed by atoms with Gasteiger partial charge in [0.05, 0.1) is 29.3 Å². The number of hydrogen-bond donors (Lipinski definition) is 1. The second kappa shape index (κ2) is 5.91. The van der Waals surface area contributed by atoms with Gasteiger partial charge in [0, 0.05) is 10.6 Å². The van der Waals surface area contributed by atoms with Crippen molar-refractivity contribution in [3.8, 4) is 0 Å². The number of thioether (sulfide) groups is 1. The van der Waals surface area contributed by atoms with Crippen molar-refractivity contribution in [2.45, 2.75) is 11.8 Å². The van der Waals surface area contributed by atoms with E-state index in [9.17, 15) is 4.79 Å². The molecule has 1 aromatic rings. The molecule has 1 aliphatic heterocycles. The van der Waals surface area contributed by atoms with E-state index >= 15 is 0 Å². The van der Waals surface area contributed by atoms with Crippen LogP contribution >= 0.6 is 34.7 Å². The van der Waals surface area contributed by atoms with E-state index in [1.165, 1.54) is 4.88 Å². The molecule has 0 spiro atoms. The first-order chi connectivity index (χ1) is 7.74. The molecule has 1 aliphatic rings. The fourth-order valence-corrected chi connectivity index (χ4v) is 3.30. The normalized spacial score (nSPS) is 15.8. The Morgan fingerprint density at radius 2 is 2.44 bits per heavy atom. The highest BCUT2D eigenvalue weighted by atomic mass is 35.5. The lowest BCUT2D eigenvalue weighted by Crippen LogP contribution is -2.49. The number of rotatable bonds is 5. The van der Waals surface area contributed by atoms with E-state index in [-0.39, 0.29) is 11.9 Å².